The lowest BCUT2D eigenvalue weighted by atomic mass is 9.92. The Balaban J connectivity index is 1.71. The van der Waals surface area contributed by atoms with Gasteiger partial charge in [0.1, 0.15) is 0 Å². The normalized spacial score (nSPS) is 19.6. The van der Waals surface area contributed by atoms with Crippen molar-refractivity contribution in [3.8, 4) is 17.1 Å². The van der Waals surface area contributed by atoms with Crippen molar-refractivity contribution in [2.24, 2.45) is 11.8 Å². The molecule has 1 aliphatic heterocycles. The van der Waals surface area contributed by atoms with Crippen LogP contribution >= 0.6 is 11.8 Å². The number of nitrogens with zero attached hydrogens (tertiary/aromatic N) is 5. The highest BCUT2D eigenvalue weighted by molar-refractivity contribution is 8.00. The lowest BCUT2D eigenvalue weighted by molar-refractivity contribution is -0.132. The topological polar surface area (TPSA) is 63.9 Å². The van der Waals surface area contributed by atoms with E-state index in [2.05, 4.69) is 65.6 Å². The number of benzene rings is 1. The van der Waals surface area contributed by atoms with Gasteiger partial charge in [0, 0.05) is 31.0 Å². The van der Waals surface area contributed by atoms with E-state index in [0.29, 0.717) is 17.8 Å². The summed E-state index contributed by atoms with van der Waals surface area (Å²) in [6, 6.07) is 12.2. The zero-order chi connectivity index (χ0) is 23.5. The van der Waals surface area contributed by atoms with Gasteiger partial charge in [0.15, 0.2) is 11.0 Å². The average molecular weight is 464 g/mol. The third kappa shape index (κ3) is 5.13. The van der Waals surface area contributed by atoms with Crippen LogP contribution in [0.3, 0.4) is 0 Å². The van der Waals surface area contributed by atoms with E-state index in [1.807, 2.05) is 30.0 Å². The van der Waals surface area contributed by atoms with Crippen molar-refractivity contribution in [2.45, 2.75) is 57.4 Å². The van der Waals surface area contributed by atoms with E-state index in [1.165, 1.54) is 23.7 Å². The van der Waals surface area contributed by atoms with E-state index >= 15 is 0 Å². The summed E-state index contributed by atoms with van der Waals surface area (Å²) in [5.41, 5.74) is 3.15. The number of hydrogen-bond donors (Lipinski definition) is 0. The summed E-state index contributed by atoms with van der Waals surface area (Å²) in [4.78, 5) is 19.6. The molecular formula is C26H33N5OS. The first kappa shape index (κ1) is 23.5. The number of aromatic nitrogens is 4. The third-order valence-corrected chi connectivity index (χ3v) is 7.19. The molecule has 0 spiro atoms. The van der Waals surface area contributed by atoms with Crippen molar-refractivity contribution in [2.75, 3.05) is 13.1 Å². The van der Waals surface area contributed by atoms with Crippen LogP contribution in [0.25, 0.3) is 17.1 Å². The first-order chi connectivity index (χ1) is 15.8. The number of carbonyl (C=O) groups is 1. The molecule has 0 saturated carbocycles. The predicted molar refractivity (Wildman–Crippen MR) is 134 cm³/mol. The SMILES string of the molecule is CC1CC(C)CN(C(=O)C(C)Sc2nnc(-c3cccnc3)n2-c2ccccc2C(C)C)C1. The van der Waals surface area contributed by atoms with Gasteiger partial charge in [-0.3, -0.25) is 14.3 Å². The zero-order valence-corrected chi connectivity index (χ0v) is 20.9. The smallest absolute Gasteiger partial charge is 0.235 e. The van der Waals surface area contributed by atoms with Crippen LogP contribution in [0.4, 0.5) is 0 Å². The van der Waals surface area contributed by atoms with Crippen LogP contribution in [-0.4, -0.2) is 48.9 Å². The molecule has 4 rings (SSSR count). The standard InChI is InChI=1S/C26H33N5OS/c1-17(2)22-10-6-7-11-23(22)31-24(21-9-8-12-27-14-21)28-29-26(31)33-20(5)25(32)30-15-18(3)13-19(4)16-30/h6-12,14,17-20H,13,15-16H2,1-5H3. The first-order valence-corrected chi connectivity index (χ1v) is 12.6. The van der Waals surface area contributed by atoms with E-state index in [0.717, 1.165) is 35.3 Å². The molecule has 6 nitrogen and oxygen atoms in total. The average Bonchev–Trinajstić information content (AvgIpc) is 3.21. The Kier molecular flexibility index (Phi) is 7.17. The van der Waals surface area contributed by atoms with Crippen LogP contribution in [0, 0.1) is 11.8 Å². The van der Waals surface area contributed by atoms with Gasteiger partial charge in [-0.25, -0.2) is 0 Å². The molecule has 174 valence electrons. The molecular weight excluding hydrogens is 430 g/mol. The van der Waals surface area contributed by atoms with Gasteiger partial charge >= 0.3 is 0 Å². The minimum atomic E-state index is -0.251. The molecule has 3 aromatic rings. The molecule has 0 aliphatic carbocycles. The number of carbonyl (C=O) groups excluding carboxylic acids is 1. The Morgan fingerprint density at radius 1 is 1.03 bits per heavy atom. The number of piperidine rings is 1. The molecule has 1 fully saturated rings. The predicted octanol–water partition coefficient (Wildman–Crippen LogP) is 5.44. The van der Waals surface area contributed by atoms with Crippen molar-refractivity contribution in [1.29, 1.82) is 0 Å². The fraction of sp³-hybridized carbons (Fsp3) is 0.462. The minimum Gasteiger partial charge on any atom is -0.341 e. The number of para-hydroxylation sites is 1. The first-order valence-electron chi connectivity index (χ1n) is 11.8. The second-order valence-electron chi connectivity index (χ2n) is 9.55. The van der Waals surface area contributed by atoms with E-state index < -0.39 is 0 Å². The van der Waals surface area contributed by atoms with Gasteiger partial charge in [-0.2, -0.15) is 0 Å². The molecule has 0 bridgehead atoms. The Bertz CT molecular complexity index is 1090. The Labute approximate surface area is 200 Å². The van der Waals surface area contributed by atoms with Gasteiger partial charge < -0.3 is 4.90 Å². The summed E-state index contributed by atoms with van der Waals surface area (Å²) in [5.74, 6) is 2.31. The maximum absolute atomic E-state index is 13.3. The van der Waals surface area contributed by atoms with Gasteiger partial charge in [0.05, 0.1) is 10.9 Å². The fourth-order valence-electron chi connectivity index (χ4n) is 4.73. The van der Waals surface area contributed by atoms with Crippen molar-refractivity contribution >= 4 is 17.7 Å². The van der Waals surface area contributed by atoms with Gasteiger partial charge in [-0.05, 0) is 54.9 Å². The Morgan fingerprint density at radius 3 is 2.42 bits per heavy atom. The molecule has 3 unspecified atom stereocenters. The Hall–Kier alpha value is -2.67. The second kappa shape index (κ2) is 10.1. The van der Waals surface area contributed by atoms with Crippen molar-refractivity contribution in [1.82, 2.24) is 24.6 Å². The molecule has 0 radical (unpaired) electrons. The summed E-state index contributed by atoms with van der Waals surface area (Å²) in [7, 11) is 0. The molecule has 1 aliphatic rings. The summed E-state index contributed by atoms with van der Waals surface area (Å²) in [5, 5.41) is 9.56. The molecule has 1 aromatic carbocycles. The van der Waals surface area contributed by atoms with Crippen LogP contribution in [-0.2, 0) is 4.79 Å². The van der Waals surface area contributed by atoms with Crippen LogP contribution in [0.5, 0.6) is 0 Å². The molecule has 33 heavy (non-hydrogen) atoms. The maximum Gasteiger partial charge on any atom is 0.235 e. The molecule has 3 atom stereocenters. The summed E-state index contributed by atoms with van der Waals surface area (Å²) < 4.78 is 2.09. The molecule has 3 heterocycles. The number of hydrogen-bond acceptors (Lipinski definition) is 5. The van der Waals surface area contributed by atoms with Crippen molar-refractivity contribution in [3.05, 3.63) is 54.4 Å². The molecule has 2 aromatic heterocycles. The lowest BCUT2D eigenvalue weighted by Crippen LogP contribution is -2.45. The second-order valence-corrected chi connectivity index (χ2v) is 10.9. The van der Waals surface area contributed by atoms with E-state index in [-0.39, 0.29) is 11.2 Å². The molecule has 1 amide bonds. The van der Waals surface area contributed by atoms with Crippen LogP contribution in [0.1, 0.15) is 52.5 Å². The highest BCUT2D eigenvalue weighted by atomic mass is 32.2. The highest BCUT2D eigenvalue weighted by Gasteiger charge is 2.30. The largest absolute Gasteiger partial charge is 0.341 e. The molecule has 1 saturated heterocycles. The minimum absolute atomic E-state index is 0.174. The Morgan fingerprint density at radius 2 is 1.76 bits per heavy atom. The summed E-state index contributed by atoms with van der Waals surface area (Å²) in [6.07, 6.45) is 4.74. The fourth-order valence-corrected chi connectivity index (χ4v) is 5.68. The van der Waals surface area contributed by atoms with Crippen LogP contribution in [0.15, 0.2) is 53.9 Å². The maximum atomic E-state index is 13.3. The number of likely N-dealkylation sites (tertiary alicyclic amines) is 1. The van der Waals surface area contributed by atoms with Gasteiger partial charge in [0.25, 0.3) is 0 Å². The van der Waals surface area contributed by atoms with Gasteiger partial charge in [0.2, 0.25) is 5.91 Å². The molecule has 0 N–H and O–H groups in total. The summed E-state index contributed by atoms with van der Waals surface area (Å²) >= 11 is 1.48. The van der Waals surface area contributed by atoms with Crippen molar-refractivity contribution < 1.29 is 4.79 Å². The quantitative estimate of drug-likeness (QED) is 0.456. The summed E-state index contributed by atoms with van der Waals surface area (Å²) in [6.45, 7) is 12.5. The third-order valence-electron chi connectivity index (χ3n) is 6.16. The lowest BCUT2D eigenvalue weighted by Gasteiger charge is -2.36. The van der Waals surface area contributed by atoms with Crippen molar-refractivity contribution in [3.63, 3.8) is 0 Å². The number of pyridine rings is 1. The number of amides is 1. The highest BCUT2D eigenvalue weighted by Crippen LogP contribution is 2.34. The van der Waals surface area contributed by atoms with E-state index in [1.54, 1.807) is 12.4 Å². The van der Waals surface area contributed by atoms with E-state index in [9.17, 15) is 4.79 Å². The van der Waals surface area contributed by atoms with Gasteiger partial charge in [-0.1, -0.05) is 57.7 Å². The number of thioether (sulfide) groups is 1. The molecule has 7 heteroatoms. The van der Waals surface area contributed by atoms with E-state index in [4.69, 9.17) is 0 Å². The number of rotatable bonds is 6. The van der Waals surface area contributed by atoms with Gasteiger partial charge in [-0.15, -0.1) is 10.2 Å². The zero-order valence-electron chi connectivity index (χ0n) is 20.1. The van der Waals surface area contributed by atoms with Crippen LogP contribution < -0.4 is 0 Å². The monoisotopic (exact) mass is 463 g/mol. The van der Waals surface area contributed by atoms with Crippen LogP contribution in [0.2, 0.25) is 0 Å².